The normalized spacial score (nSPS) is 11.1. The average molecular weight is 406 g/mol. The van der Waals surface area contributed by atoms with Crippen LogP contribution >= 0.6 is 0 Å². The molecule has 1 heterocycles. The summed E-state index contributed by atoms with van der Waals surface area (Å²) in [5.41, 5.74) is 5.43. The monoisotopic (exact) mass is 406 g/mol. The van der Waals surface area contributed by atoms with E-state index in [1.807, 2.05) is 12.1 Å². The number of amides is 1. The molecule has 3 rings (SSSR count). The van der Waals surface area contributed by atoms with Crippen molar-refractivity contribution in [3.63, 3.8) is 0 Å². The summed E-state index contributed by atoms with van der Waals surface area (Å²) in [6.07, 6.45) is 0. The van der Waals surface area contributed by atoms with E-state index in [-0.39, 0.29) is 18.2 Å². The van der Waals surface area contributed by atoms with Crippen molar-refractivity contribution in [3.8, 4) is 17.1 Å². The topological polar surface area (TPSA) is 116 Å². The number of aromatic carboxylic acids is 1. The number of carbonyl (C=O) groups excluding carboxylic acids is 2. The molecule has 8 heteroatoms. The Labute approximate surface area is 173 Å². The fraction of sp³-hybridized carbons (Fsp3) is 0.136. The standard InChI is InChI=1S/C22H21N3O5/c1-14(24-25-21(26)13-23-17-7-9-18(29-2)10-8-17)15-3-5-16(6-4-15)19-11-12-20(30-19)22(27)28/h3-12,23H,13H2,1-2H3,(H,25,26)(H,27,28)/p-1/b24-14-. The number of methoxy groups -OCH3 is 1. The summed E-state index contributed by atoms with van der Waals surface area (Å²) in [6, 6.07) is 17.3. The molecule has 1 aromatic heterocycles. The highest BCUT2D eigenvalue weighted by Gasteiger charge is 2.07. The quantitative estimate of drug-likeness (QED) is 0.438. The lowest BCUT2D eigenvalue weighted by molar-refractivity contribution is -0.257. The number of hydrazone groups is 1. The summed E-state index contributed by atoms with van der Waals surface area (Å²) in [5, 5.41) is 17.9. The van der Waals surface area contributed by atoms with E-state index < -0.39 is 5.97 Å². The van der Waals surface area contributed by atoms with Crippen molar-refractivity contribution < 1.29 is 23.8 Å². The van der Waals surface area contributed by atoms with Gasteiger partial charge in [0.2, 0.25) is 0 Å². The van der Waals surface area contributed by atoms with Gasteiger partial charge in [0.05, 0.1) is 19.4 Å². The number of furan rings is 1. The largest absolute Gasteiger partial charge is 0.542 e. The Morgan fingerprint density at radius 2 is 1.73 bits per heavy atom. The lowest BCUT2D eigenvalue weighted by Crippen LogP contribution is -2.26. The summed E-state index contributed by atoms with van der Waals surface area (Å²) < 4.78 is 10.3. The van der Waals surface area contributed by atoms with Crippen molar-refractivity contribution in [2.24, 2.45) is 5.10 Å². The van der Waals surface area contributed by atoms with Gasteiger partial charge < -0.3 is 24.4 Å². The van der Waals surface area contributed by atoms with E-state index in [1.54, 1.807) is 56.5 Å². The van der Waals surface area contributed by atoms with E-state index in [0.717, 1.165) is 17.0 Å². The van der Waals surface area contributed by atoms with Crippen LogP contribution in [-0.2, 0) is 4.79 Å². The van der Waals surface area contributed by atoms with E-state index >= 15 is 0 Å². The molecule has 0 atom stereocenters. The Morgan fingerprint density at radius 1 is 1.03 bits per heavy atom. The summed E-state index contributed by atoms with van der Waals surface area (Å²) >= 11 is 0. The predicted octanol–water partition coefficient (Wildman–Crippen LogP) is 2.27. The molecule has 0 unspecified atom stereocenters. The Hall–Kier alpha value is -4.07. The van der Waals surface area contributed by atoms with Crippen LogP contribution in [0.25, 0.3) is 11.3 Å². The molecular formula is C22H20N3O5-. The smallest absolute Gasteiger partial charge is 0.259 e. The molecule has 154 valence electrons. The maximum absolute atomic E-state index is 12.0. The first-order chi connectivity index (χ1) is 14.5. The third kappa shape index (κ3) is 5.26. The van der Waals surface area contributed by atoms with E-state index in [2.05, 4.69) is 15.8 Å². The van der Waals surface area contributed by atoms with Gasteiger partial charge in [-0.15, -0.1) is 0 Å². The first-order valence-electron chi connectivity index (χ1n) is 9.09. The number of ether oxygens (including phenoxy) is 1. The van der Waals surface area contributed by atoms with E-state index in [9.17, 15) is 14.7 Å². The lowest BCUT2D eigenvalue weighted by Gasteiger charge is -2.07. The van der Waals surface area contributed by atoms with Crippen LogP contribution in [0.1, 0.15) is 23.0 Å². The van der Waals surface area contributed by atoms with Crippen LogP contribution in [0.4, 0.5) is 5.69 Å². The van der Waals surface area contributed by atoms with Gasteiger partial charge in [0.15, 0.2) is 0 Å². The highest BCUT2D eigenvalue weighted by atomic mass is 16.5. The third-order valence-electron chi connectivity index (χ3n) is 4.29. The Balaban J connectivity index is 1.55. The molecule has 0 aliphatic heterocycles. The number of carbonyl (C=O) groups is 2. The van der Waals surface area contributed by atoms with Gasteiger partial charge in [-0.1, -0.05) is 24.3 Å². The van der Waals surface area contributed by atoms with Crippen molar-refractivity contribution in [1.29, 1.82) is 0 Å². The van der Waals surface area contributed by atoms with Gasteiger partial charge in [0.1, 0.15) is 23.2 Å². The van der Waals surface area contributed by atoms with E-state index in [1.165, 1.54) is 6.07 Å². The van der Waals surface area contributed by atoms with Gasteiger partial charge in [-0.2, -0.15) is 5.10 Å². The van der Waals surface area contributed by atoms with Gasteiger partial charge in [-0.05, 0) is 48.9 Å². The second-order valence-corrected chi connectivity index (χ2v) is 6.34. The van der Waals surface area contributed by atoms with Gasteiger partial charge in [0, 0.05) is 11.3 Å². The minimum atomic E-state index is -1.36. The molecule has 2 aromatic carbocycles. The number of nitrogens with zero attached hydrogens (tertiary/aromatic N) is 1. The average Bonchev–Trinajstić information content (AvgIpc) is 3.27. The fourth-order valence-corrected chi connectivity index (χ4v) is 2.62. The lowest BCUT2D eigenvalue weighted by atomic mass is 10.1. The van der Waals surface area contributed by atoms with Crippen molar-refractivity contribution >= 4 is 23.3 Å². The van der Waals surface area contributed by atoms with Crippen LogP contribution in [-0.4, -0.2) is 31.2 Å². The number of nitrogens with one attached hydrogen (secondary N) is 2. The van der Waals surface area contributed by atoms with Crippen LogP contribution < -0.4 is 20.6 Å². The molecule has 1 amide bonds. The molecular weight excluding hydrogens is 386 g/mol. The van der Waals surface area contributed by atoms with Gasteiger partial charge in [0.25, 0.3) is 5.91 Å². The Bertz CT molecular complexity index is 1050. The molecule has 2 N–H and O–H groups in total. The van der Waals surface area contributed by atoms with Crippen molar-refractivity contribution in [1.82, 2.24) is 5.43 Å². The van der Waals surface area contributed by atoms with Crippen molar-refractivity contribution in [2.45, 2.75) is 6.92 Å². The Kier molecular flexibility index (Phi) is 6.49. The van der Waals surface area contributed by atoms with Gasteiger partial charge in [-0.25, -0.2) is 5.43 Å². The molecule has 0 aliphatic carbocycles. The summed E-state index contributed by atoms with van der Waals surface area (Å²) in [7, 11) is 1.59. The second kappa shape index (κ2) is 9.42. The highest BCUT2D eigenvalue weighted by Crippen LogP contribution is 2.22. The maximum Gasteiger partial charge on any atom is 0.259 e. The molecule has 0 radical (unpaired) electrons. The summed E-state index contributed by atoms with van der Waals surface area (Å²) in [5.74, 6) is -0.709. The summed E-state index contributed by atoms with van der Waals surface area (Å²) in [6.45, 7) is 1.84. The number of hydrogen-bond donors (Lipinski definition) is 2. The molecule has 0 spiro atoms. The molecule has 30 heavy (non-hydrogen) atoms. The minimum Gasteiger partial charge on any atom is -0.542 e. The number of carboxylic acids is 1. The molecule has 0 aliphatic rings. The minimum absolute atomic E-state index is 0.0707. The van der Waals surface area contributed by atoms with Crippen LogP contribution in [0.3, 0.4) is 0 Å². The van der Waals surface area contributed by atoms with Crippen molar-refractivity contribution in [3.05, 3.63) is 72.0 Å². The number of carboxylic acid groups (broad SMARTS) is 1. The van der Waals surface area contributed by atoms with Crippen molar-refractivity contribution in [2.75, 3.05) is 19.0 Å². The molecule has 3 aromatic rings. The summed E-state index contributed by atoms with van der Waals surface area (Å²) in [4.78, 5) is 22.8. The predicted molar refractivity (Wildman–Crippen MR) is 110 cm³/mol. The molecule has 0 saturated carbocycles. The SMILES string of the molecule is COc1ccc(NCC(=O)N/N=C(/C)c2ccc(-c3ccc(C(=O)[O-])o3)cc2)cc1. The zero-order valence-corrected chi connectivity index (χ0v) is 16.5. The maximum atomic E-state index is 12.0. The fourth-order valence-electron chi connectivity index (χ4n) is 2.62. The zero-order chi connectivity index (χ0) is 21.5. The van der Waals surface area contributed by atoms with Crippen LogP contribution in [0.15, 0.2) is 70.2 Å². The number of hydrogen-bond acceptors (Lipinski definition) is 7. The van der Waals surface area contributed by atoms with Crippen LogP contribution in [0, 0.1) is 0 Å². The van der Waals surface area contributed by atoms with Gasteiger partial charge >= 0.3 is 0 Å². The molecule has 0 saturated heterocycles. The Morgan fingerprint density at radius 3 is 2.33 bits per heavy atom. The molecule has 0 bridgehead atoms. The third-order valence-corrected chi connectivity index (χ3v) is 4.29. The highest BCUT2D eigenvalue weighted by molar-refractivity contribution is 5.99. The van der Waals surface area contributed by atoms with Gasteiger partial charge in [-0.3, -0.25) is 4.79 Å². The zero-order valence-electron chi connectivity index (χ0n) is 16.5. The van der Waals surface area contributed by atoms with Crippen LogP contribution in [0.2, 0.25) is 0 Å². The number of anilines is 1. The first kappa shape index (κ1) is 20.7. The first-order valence-corrected chi connectivity index (χ1v) is 9.09. The van der Waals surface area contributed by atoms with Crippen LogP contribution in [0.5, 0.6) is 5.75 Å². The second-order valence-electron chi connectivity index (χ2n) is 6.34. The molecule has 0 fully saturated rings. The number of rotatable bonds is 8. The van der Waals surface area contributed by atoms with E-state index in [0.29, 0.717) is 17.0 Å². The van der Waals surface area contributed by atoms with E-state index in [4.69, 9.17) is 9.15 Å². The molecule has 8 nitrogen and oxygen atoms in total. The number of benzene rings is 2.